The number of nitrogens with zero attached hydrogens (tertiary/aromatic N) is 2. The van der Waals surface area contributed by atoms with E-state index in [1.807, 2.05) is 24.1 Å². The van der Waals surface area contributed by atoms with Crippen molar-refractivity contribution in [3.05, 3.63) is 39.5 Å². The van der Waals surface area contributed by atoms with Crippen molar-refractivity contribution in [3.8, 4) is 5.75 Å². The first-order valence-corrected chi connectivity index (χ1v) is 12.3. The second-order valence-corrected chi connectivity index (χ2v) is 11.0. The fraction of sp³-hybridized carbons (Fsp3) is 0.450. The Morgan fingerprint density at radius 2 is 1.97 bits per heavy atom. The van der Waals surface area contributed by atoms with E-state index >= 15 is 0 Å². The van der Waals surface area contributed by atoms with E-state index < -0.39 is 10.0 Å². The van der Waals surface area contributed by atoms with Crippen LogP contribution in [0.3, 0.4) is 0 Å². The van der Waals surface area contributed by atoms with Crippen LogP contribution in [0.25, 0.3) is 0 Å². The average molecular weight is 472 g/mol. The summed E-state index contributed by atoms with van der Waals surface area (Å²) in [6.07, 6.45) is 2.73. The van der Waals surface area contributed by atoms with Gasteiger partial charge >= 0.3 is 0 Å². The Hall–Kier alpha value is -1.65. The summed E-state index contributed by atoms with van der Waals surface area (Å²) in [5.41, 5.74) is 0.420. The maximum absolute atomic E-state index is 13.1. The van der Waals surface area contributed by atoms with Gasteiger partial charge in [-0.2, -0.15) is 4.31 Å². The van der Waals surface area contributed by atoms with Crippen LogP contribution >= 0.6 is 22.9 Å². The number of carbonyl (C=O) groups is 1. The van der Waals surface area contributed by atoms with E-state index in [-0.39, 0.29) is 23.1 Å². The quantitative estimate of drug-likeness (QED) is 0.635. The second kappa shape index (κ2) is 10.1. The highest BCUT2D eigenvalue weighted by molar-refractivity contribution is 7.89. The van der Waals surface area contributed by atoms with Crippen LogP contribution in [0.5, 0.6) is 5.75 Å². The zero-order valence-electron chi connectivity index (χ0n) is 17.1. The van der Waals surface area contributed by atoms with Gasteiger partial charge in [0.15, 0.2) is 0 Å². The summed E-state index contributed by atoms with van der Waals surface area (Å²) in [5, 5.41) is 2.79. The van der Waals surface area contributed by atoms with Crippen LogP contribution in [0.15, 0.2) is 35.2 Å². The molecule has 164 valence electrons. The summed E-state index contributed by atoms with van der Waals surface area (Å²) in [7, 11) is -0.409. The van der Waals surface area contributed by atoms with E-state index in [1.165, 1.54) is 28.8 Å². The molecule has 1 N–H and O–H groups in total. The van der Waals surface area contributed by atoms with Gasteiger partial charge in [0.05, 0.1) is 18.0 Å². The molecule has 1 aliphatic heterocycles. The summed E-state index contributed by atoms with van der Waals surface area (Å²) < 4.78 is 33.7. The van der Waals surface area contributed by atoms with Crippen LogP contribution in [0, 0.1) is 0 Å². The molecule has 0 bridgehead atoms. The van der Waals surface area contributed by atoms with Gasteiger partial charge in [-0.25, -0.2) is 8.42 Å². The minimum atomic E-state index is -3.69. The molecule has 1 aliphatic rings. The van der Waals surface area contributed by atoms with Crippen molar-refractivity contribution in [1.29, 1.82) is 0 Å². The van der Waals surface area contributed by atoms with Crippen molar-refractivity contribution < 1.29 is 17.9 Å². The predicted octanol–water partition coefficient (Wildman–Crippen LogP) is 3.66. The zero-order valence-corrected chi connectivity index (χ0v) is 19.4. The van der Waals surface area contributed by atoms with Gasteiger partial charge in [0.2, 0.25) is 15.9 Å². The highest BCUT2D eigenvalue weighted by atomic mass is 35.5. The molecule has 7 nitrogen and oxygen atoms in total. The first kappa shape index (κ1) is 23.0. The van der Waals surface area contributed by atoms with Crippen molar-refractivity contribution in [1.82, 2.24) is 9.21 Å². The molecule has 0 atom stereocenters. The lowest BCUT2D eigenvalue weighted by Crippen LogP contribution is -2.35. The Morgan fingerprint density at radius 1 is 1.23 bits per heavy atom. The highest BCUT2D eigenvalue weighted by Gasteiger charge is 2.29. The number of hydrogen-bond acceptors (Lipinski definition) is 6. The summed E-state index contributed by atoms with van der Waals surface area (Å²) in [5.74, 6) is 0.0388. The second-order valence-electron chi connectivity index (χ2n) is 7.26. The minimum absolute atomic E-state index is 0.0753. The third kappa shape index (κ3) is 5.73. The topological polar surface area (TPSA) is 79.0 Å². The van der Waals surface area contributed by atoms with Crippen molar-refractivity contribution in [3.63, 3.8) is 0 Å². The van der Waals surface area contributed by atoms with E-state index in [4.69, 9.17) is 16.3 Å². The number of carbonyl (C=O) groups excluding carboxylic acids is 1. The van der Waals surface area contributed by atoms with Crippen LogP contribution in [0.4, 0.5) is 5.69 Å². The van der Waals surface area contributed by atoms with Gasteiger partial charge in [0.25, 0.3) is 0 Å². The molecule has 0 unspecified atom stereocenters. The Balaban J connectivity index is 1.70. The average Bonchev–Trinajstić information content (AvgIpc) is 3.12. The number of ether oxygens (including phenoxy) is 1. The van der Waals surface area contributed by atoms with Crippen molar-refractivity contribution in [2.75, 3.05) is 39.1 Å². The normalized spacial score (nSPS) is 15.3. The number of rotatable bonds is 8. The zero-order chi connectivity index (χ0) is 21.7. The molecule has 1 saturated heterocycles. The number of benzene rings is 1. The molecular formula is C20H26ClN3O4S2. The van der Waals surface area contributed by atoms with Gasteiger partial charge in [-0.15, -0.1) is 11.3 Å². The molecular weight excluding hydrogens is 446 g/mol. The molecule has 1 aromatic heterocycles. The third-order valence-electron chi connectivity index (χ3n) is 4.85. The van der Waals surface area contributed by atoms with E-state index in [1.54, 1.807) is 12.1 Å². The van der Waals surface area contributed by atoms with Crippen LogP contribution in [0.1, 0.15) is 24.1 Å². The van der Waals surface area contributed by atoms with Crippen molar-refractivity contribution in [2.24, 2.45) is 0 Å². The number of piperidine rings is 1. The Labute approximate surface area is 186 Å². The van der Waals surface area contributed by atoms with Crippen molar-refractivity contribution >= 4 is 44.6 Å². The highest BCUT2D eigenvalue weighted by Crippen LogP contribution is 2.31. The van der Waals surface area contributed by atoms with E-state index in [9.17, 15) is 13.2 Å². The molecule has 0 spiro atoms. The van der Waals surface area contributed by atoms with Crippen LogP contribution in [-0.4, -0.2) is 57.3 Å². The first-order valence-electron chi connectivity index (χ1n) is 9.70. The number of anilines is 1. The summed E-state index contributed by atoms with van der Waals surface area (Å²) >= 11 is 7.42. The molecule has 10 heteroatoms. The van der Waals surface area contributed by atoms with Crippen molar-refractivity contribution in [2.45, 2.75) is 30.7 Å². The SMILES string of the molecule is COc1ccc(NC(=O)CN(C)Cc2ccc(Cl)s2)cc1S(=O)(=O)N1CCCCC1. The van der Waals surface area contributed by atoms with Gasteiger partial charge in [0.1, 0.15) is 10.6 Å². The third-order valence-corrected chi connectivity index (χ3v) is 7.98. The summed E-state index contributed by atoms with van der Waals surface area (Å²) in [6.45, 7) is 1.76. The standard InChI is InChI=1S/C20H26ClN3O4S2/c1-23(13-16-7-9-19(21)29-16)14-20(25)22-15-6-8-17(28-2)18(12-15)30(26,27)24-10-4-3-5-11-24/h6-9,12H,3-5,10-11,13-14H2,1-2H3,(H,22,25). The molecule has 2 heterocycles. The summed E-state index contributed by atoms with van der Waals surface area (Å²) in [6, 6.07) is 8.45. The Bertz CT molecular complexity index is 988. The molecule has 30 heavy (non-hydrogen) atoms. The van der Waals surface area contributed by atoms with Crippen LogP contribution < -0.4 is 10.1 Å². The van der Waals surface area contributed by atoms with Gasteiger partial charge in [0, 0.05) is 30.2 Å². The maximum Gasteiger partial charge on any atom is 0.246 e. The van der Waals surface area contributed by atoms with E-state index in [2.05, 4.69) is 5.32 Å². The number of amides is 1. The number of hydrogen-bond donors (Lipinski definition) is 1. The minimum Gasteiger partial charge on any atom is -0.495 e. The lowest BCUT2D eigenvalue weighted by atomic mass is 10.2. The predicted molar refractivity (Wildman–Crippen MR) is 120 cm³/mol. The monoisotopic (exact) mass is 471 g/mol. The van der Waals surface area contributed by atoms with Crippen LogP contribution in [0.2, 0.25) is 4.34 Å². The van der Waals surface area contributed by atoms with Gasteiger partial charge in [-0.3, -0.25) is 9.69 Å². The fourth-order valence-corrected chi connectivity index (χ4v) is 6.27. The van der Waals surface area contributed by atoms with Gasteiger partial charge < -0.3 is 10.1 Å². The van der Waals surface area contributed by atoms with Gasteiger partial charge in [-0.1, -0.05) is 18.0 Å². The molecule has 0 aliphatic carbocycles. The molecule has 1 amide bonds. The summed E-state index contributed by atoms with van der Waals surface area (Å²) in [4.78, 5) is 15.5. The largest absolute Gasteiger partial charge is 0.495 e. The van der Waals surface area contributed by atoms with E-state index in [0.29, 0.717) is 29.7 Å². The maximum atomic E-state index is 13.1. The lowest BCUT2D eigenvalue weighted by Gasteiger charge is -2.26. The smallest absolute Gasteiger partial charge is 0.246 e. The van der Waals surface area contributed by atoms with Gasteiger partial charge in [-0.05, 0) is 50.2 Å². The van der Waals surface area contributed by atoms with E-state index in [0.717, 1.165) is 24.1 Å². The number of methoxy groups -OCH3 is 1. The molecule has 0 saturated carbocycles. The lowest BCUT2D eigenvalue weighted by molar-refractivity contribution is -0.117. The molecule has 1 aromatic carbocycles. The Kier molecular flexibility index (Phi) is 7.75. The molecule has 3 rings (SSSR count). The molecule has 1 fully saturated rings. The molecule has 2 aromatic rings. The first-order chi connectivity index (χ1) is 14.3. The van der Waals surface area contributed by atoms with Crippen LogP contribution in [-0.2, 0) is 21.4 Å². The number of halogens is 1. The fourth-order valence-electron chi connectivity index (χ4n) is 3.40. The number of sulfonamides is 1. The Morgan fingerprint density at radius 3 is 2.60 bits per heavy atom. The number of thiophene rings is 1. The number of nitrogens with one attached hydrogen (secondary N) is 1. The number of likely N-dealkylation sites (N-methyl/N-ethyl adjacent to an activating group) is 1. The molecule has 0 radical (unpaired) electrons.